The van der Waals surface area contributed by atoms with Crippen LogP contribution in [0.2, 0.25) is 0 Å². The Kier molecular flexibility index (Phi) is 10.3. The maximum atomic E-state index is 11.7. The molecule has 140 valence electrons. The topological polar surface area (TPSA) is 62.7 Å². The van der Waals surface area contributed by atoms with Crippen LogP contribution in [0.25, 0.3) is 0 Å². The predicted octanol–water partition coefficient (Wildman–Crippen LogP) is 2.66. The van der Waals surface area contributed by atoms with Gasteiger partial charge >= 0.3 is 0 Å². The molecule has 0 bridgehead atoms. The molecular formula is C19H31N3O3. The number of likely N-dealkylation sites (tertiary alicyclic amines) is 1. The molecule has 0 saturated carbocycles. The molecule has 2 rings (SSSR count). The smallest absolute Gasteiger partial charge is 0.222 e. The largest absolute Gasteiger partial charge is 0.495 e. The number of aryl methyl sites for hydroxylation is 1. The van der Waals surface area contributed by atoms with Crippen molar-refractivity contribution in [2.45, 2.75) is 45.4 Å². The SMILES string of the molecule is CN(C=O)CCCCCC(=O)N1CCCC1.COc1cncc(C)c1. The second kappa shape index (κ2) is 12.3. The lowest BCUT2D eigenvalue weighted by atomic mass is 10.2. The number of hydrogen-bond donors (Lipinski definition) is 0. The molecule has 0 N–H and O–H groups in total. The van der Waals surface area contributed by atoms with Gasteiger partial charge in [0.15, 0.2) is 0 Å². The van der Waals surface area contributed by atoms with Crippen molar-refractivity contribution in [3.8, 4) is 5.75 Å². The maximum absolute atomic E-state index is 11.7. The van der Waals surface area contributed by atoms with Crippen molar-refractivity contribution in [3.05, 3.63) is 24.0 Å². The molecule has 0 aliphatic carbocycles. The minimum atomic E-state index is 0.307. The standard InChI is InChI=1S/C12H22N2O2.C7H9NO/c1-13(11-15)8-4-2-3-7-12(16)14-9-5-6-10-14;1-6-3-7(9-2)5-8-4-6/h11H,2-10H2,1H3;3-5H,1-2H3. The molecular weight excluding hydrogens is 318 g/mol. The van der Waals surface area contributed by atoms with E-state index in [0.717, 1.165) is 69.5 Å². The van der Waals surface area contributed by atoms with Crippen molar-refractivity contribution in [1.82, 2.24) is 14.8 Å². The van der Waals surface area contributed by atoms with E-state index in [1.54, 1.807) is 31.5 Å². The zero-order chi connectivity index (χ0) is 18.5. The van der Waals surface area contributed by atoms with Gasteiger partial charge in [0.25, 0.3) is 0 Å². The Morgan fingerprint density at radius 2 is 2.00 bits per heavy atom. The summed E-state index contributed by atoms with van der Waals surface area (Å²) < 4.78 is 4.93. The fourth-order valence-electron chi connectivity index (χ4n) is 2.63. The first-order valence-corrected chi connectivity index (χ1v) is 8.95. The van der Waals surface area contributed by atoms with Crippen LogP contribution in [-0.4, -0.2) is 60.9 Å². The molecule has 1 aromatic heterocycles. The van der Waals surface area contributed by atoms with E-state index >= 15 is 0 Å². The number of methoxy groups -OCH3 is 1. The number of carbonyl (C=O) groups excluding carboxylic acids is 2. The minimum absolute atomic E-state index is 0.307. The van der Waals surface area contributed by atoms with Crippen LogP contribution in [0.1, 0.15) is 44.1 Å². The van der Waals surface area contributed by atoms with Crippen LogP contribution >= 0.6 is 0 Å². The normalized spacial score (nSPS) is 13.0. The second-order valence-corrected chi connectivity index (χ2v) is 6.39. The van der Waals surface area contributed by atoms with Crippen LogP contribution in [0.15, 0.2) is 18.5 Å². The third kappa shape index (κ3) is 9.08. The molecule has 1 aromatic rings. The highest BCUT2D eigenvalue weighted by Gasteiger charge is 2.16. The molecule has 6 nitrogen and oxygen atoms in total. The van der Waals surface area contributed by atoms with Gasteiger partial charge in [-0.1, -0.05) is 6.42 Å². The lowest BCUT2D eigenvalue weighted by molar-refractivity contribution is -0.130. The van der Waals surface area contributed by atoms with Gasteiger partial charge in [0.2, 0.25) is 12.3 Å². The fourth-order valence-corrected chi connectivity index (χ4v) is 2.63. The molecule has 1 aliphatic rings. The third-order valence-electron chi connectivity index (χ3n) is 4.13. The highest BCUT2D eigenvalue weighted by atomic mass is 16.5. The molecule has 2 heterocycles. The summed E-state index contributed by atoms with van der Waals surface area (Å²) in [5.41, 5.74) is 1.12. The van der Waals surface area contributed by atoms with Gasteiger partial charge in [0.1, 0.15) is 5.75 Å². The van der Waals surface area contributed by atoms with Gasteiger partial charge in [-0.05, 0) is 44.2 Å². The molecule has 0 aromatic carbocycles. The quantitative estimate of drug-likeness (QED) is 0.535. The summed E-state index contributed by atoms with van der Waals surface area (Å²) in [4.78, 5) is 29.5. The molecule has 0 spiro atoms. The Labute approximate surface area is 151 Å². The highest BCUT2D eigenvalue weighted by Crippen LogP contribution is 2.11. The molecule has 1 aliphatic heterocycles. The molecule has 0 unspecified atom stereocenters. The van der Waals surface area contributed by atoms with Gasteiger partial charge in [-0.15, -0.1) is 0 Å². The van der Waals surface area contributed by atoms with Crippen LogP contribution in [-0.2, 0) is 9.59 Å². The van der Waals surface area contributed by atoms with E-state index in [2.05, 4.69) is 4.98 Å². The average molecular weight is 349 g/mol. The third-order valence-corrected chi connectivity index (χ3v) is 4.13. The van der Waals surface area contributed by atoms with E-state index in [4.69, 9.17) is 4.74 Å². The Bertz CT molecular complexity index is 516. The van der Waals surface area contributed by atoms with Crippen molar-refractivity contribution in [2.24, 2.45) is 0 Å². The summed E-state index contributed by atoms with van der Waals surface area (Å²) in [6.45, 7) is 4.68. The number of hydrogen-bond acceptors (Lipinski definition) is 4. The van der Waals surface area contributed by atoms with Crippen molar-refractivity contribution in [3.63, 3.8) is 0 Å². The summed E-state index contributed by atoms with van der Waals surface area (Å²) in [5, 5.41) is 0. The molecule has 0 atom stereocenters. The number of unbranched alkanes of at least 4 members (excludes halogenated alkanes) is 2. The van der Waals surface area contributed by atoms with Crippen molar-refractivity contribution < 1.29 is 14.3 Å². The Morgan fingerprint density at radius 1 is 1.28 bits per heavy atom. The molecule has 1 saturated heterocycles. The second-order valence-electron chi connectivity index (χ2n) is 6.39. The first kappa shape index (κ1) is 20.9. The zero-order valence-electron chi connectivity index (χ0n) is 15.7. The van der Waals surface area contributed by atoms with Crippen molar-refractivity contribution in [2.75, 3.05) is 33.8 Å². The molecule has 1 fully saturated rings. The maximum Gasteiger partial charge on any atom is 0.222 e. The van der Waals surface area contributed by atoms with Gasteiger partial charge in [-0.2, -0.15) is 0 Å². The van der Waals surface area contributed by atoms with Crippen LogP contribution in [0.5, 0.6) is 5.75 Å². The predicted molar refractivity (Wildman–Crippen MR) is 98.5 cm³/mol. The van der Waals surface area contributed by atoms with E-state index in [0.29, 0.717) is 12.3 Å². The number of aromatic nitrogens is 1. The summed E-state index contributed by atoms with van der Waals surface area (Å²) in [5.74, 6) is 1.12. The van der Waals surface area contributed by atoms with Crippen molar-refractivity contribution >= 4 is 12.3 Å². The van der Waals surface area contributed by atoms with E-state index in [9.17, 15) is 9.59 Å². The van der Waals surface area contributed by atoms with Gasteiger partial charge in [-0.25, -0.2) is 0 Å². The van der Waals surface area contributed by atoms with Crippen LogP contribution < -0.4 is 4.74 Å². The number of pyridine rings is 1. The number of ether oxygens (including phenoxy) is 1. The summed E-state index contributed by atoms with van der Waals surface area (Å²) in [6.07, 6.45) is 10.3. The van der Waals surface area contributed by atoms with E-state index in [1.807, 2.05) is 17.9 Å². The van der Waals surface area contributed by atoms with Crippen LogP contribution in [0, 0.1) is 6.92 Å². The molecule has 2 amide bonds. The summed E-state index contributed by atoms with van der Waals surface area (Å²) in [7, 11) is 3.42. The lowest BCUT2D eigenvalue weighted by Gasteiger charge is -2.15. The van der Waals surface area contributed by atoms with E-state index < -0.39 is 0 Å². The van der Waals surface area contributed by atoms with Crippen LogP contribution in [0.4, 0.5) is 0 Å². The summed E-state index contributed by atoms with van der Waals surface area (Å²) in [6, 6.07) is 1.94. The monoisotopic (exact) mass is 349 g/mol. The Balaban J connectivity index is 0.000000293. The van der Waals surface area contributed by atoms with Gasteiger partial charge in [-0.3, -0.25) is 14.6 Å². The first-order chi connectivity index (χ1) is 12.1. The van der Waals surface area contributed by atoms with Gasteiger partial charge in [0.05, 0.1) is 13.3 Å². The van der Waals surface area contributed by atoms with Crippen LogP contribution in [0.3, 0.4) is 0 Å². The van der Waals surface area contributed by atoms with Gasteiger partial charge in [0, 0.05) is 39.3 Å². The van der Waals surface area contributed by atoms with Crippen molar-refractivity contribution in [1.29, 1.82) is 0 Å². The molecule has 25 heavy (non-hydrogen) atoms. The minimum Gasteiger partial charge on any atom is -0.495 e. The number of rotatable bonds is 8. The van der Waals surface area contributed by atoms with E-state index in [1.165, 1.54) is 0 Å². The molecule has 6 heteroatoms. The highest BCUT2D eigenvalue weighted by molar-refractivity contribution is 5.76. The van der Waals surface area contributed by atoms with E-state index in [-0.39, 0.29) is 0 Å². The first-order valence-electron chi connectivity index (χ1n) is 8.95. The number of nitrogens with zero attached hydrogens (tertiary/aromatic N) is 3. The summed E-state index contributed by atoms with van der Waals surface area (Å²) >= 11 is 0. The average Bonchev–Trinajstić information content (AvgIpc) is 3.16. The van der Waals surface area contributed by atoms with Gasteiger partial charge < -0.3 is 14.5 Å². The Hall–Kier alpha value is -2.11. The number of amides is 2. The molecule has 0 radical (unpaired) electrons. The Morgan fingerprint density at radius 3 is 2.56 bits per heavy atom. The fraction of sp³-hybridized carbons (Fsp3) is 0.632. The lowest BCUT2D eigenvalue weighted by Crippen LogP contribution is -2.27. The zero-order valence-corrected chi connectivity index (χ0v) is 15.7. The number of carbonyl (C=O) groups is 2.